The van der Waals surface area contributed by atoms with Crippen molar-refractivity contribution in [2.45, 2.75) is 39.5 Å². The SMILES string of the molecule is CCOC(=O)CCc1c(C=O)[nH]c(C=O)c1CCC(=O)OCC. The van der Waals surface area contributed by atoms with Crippen LogP contribution in [0.2, 0.25) is 0 Å². The predicted molar refractivity (Wildman–Crippen MR) is 81.5 cm³/mol. The van der Waals surface area contributed by atoms with Crippen molar-refractivity contribution >= 4 is 24.5 Å². The van der Waals surface area contributed by atoms with Crippen molar-refractivity contribution in [1.29, 1.82) is 0 Å². The topological polar surface area (TPSA) is 103 Å². The normalized spacial score (nSPS) is 10.2. The Kier molecular flexibility index (Phi) is 7.73. The molecule has 0 saturated heterocycles. The first-order valence-corrected chi connectivity index (χ1v) is 7.52. The molecule has 1 heterocycles. The van der Waals surface area contributed by atoms with Crippen molar-refractivity contribution in [3.8, 4) is 0 Å². The molecule has 0 fully saturated rings. The number of esters is 2. The zero-order valence-corrected chi connectivity index (χ0v) is 13.3. The maximum atomic E-state index is 11.5. The molecule has 0 aliphatic carbocycles. The molecule has 7 nitrogen and oxygen atoms in total. The highest BCUT2D eigenvalue weighted by Crippen LogP contribution is 2.21. The van der Waals surface area contributed by atoms with Gasteiger partial charge in [-0.25, -0.2) is 0 Å². The molecule has 0 unspecified atom stereocenters. The van der Waals surface area contributed by atoms with Crippen LogP contribution in [0.3, 0.4) is 0 Å². The predicted octanol–water partition coefficient (Wildman–Crippen LogP) is 1.63. The highest BCUT2D eigenvalue weighted by Gasteiger charge is 2.19. The Morgan fingerprint density at radius 2 is 1.26 bits per heavy atom. The minimum Gasteiger partial charge on any atom is -0.466 e. The van der Waals surface area contributed by atoms with Crippen LogP contribution in [0.25, 0.3) is 0 Å². The Hall–Kier alpha value is -2.44. The quantitative estimate of drug-likeness (QED) is 0.518. The summed E-state index contributed by atoms with van der Waals surface area (Å²) in [6.45, 7) is 3.98. The Balaban J connectivity index is 2.93. The van der Waals surface area contributed by atoms with Crippen molar-refractivity contribution in [2.24, 2.45) is 0 Å². The van der Waals surface area contributed by atoms with Gasteiger partial charge < -0.3 is 14.5 Å². The number of H-pyrrole nitrogens is 1. The summed E-state index contributed by atoms with van der Waals surface area (Å²) in [7, 11) is 0. The smallest absolute Gasteiger partial charge is 0.306 e. The van der Waals surface area contributed by atoms with Crippen LogP contribution in [0, 0.1) is 0 Å². The van der Waals surface area contributed by atoms with Crippen molar-refractivity contribution in [1.82, 2.24) is 4.98 Å². The molecule has 1 N–H and O–H groups in total. The third-order valence-electron chi connectivity index (χ3n) is 3.29. The van der Waals surface area contributed by atoms with Crippen LogP contribution in [-0.2, 0) is 31.9 Å². The van der Waals surface area contributed by atoms with Gasteiger partial charge in [-0.1, -0.05) is 0 Å². The maximum absolute atomic E-state index is 11.5. The summed E-state index contributed by atoms with van der Waals surface area (Å²) in [5.41, 5.74) is 1.63. The number of hydrogen-bond acceptors (Lipinski definition) is 6. The third kappa shape index (κ3) is 5.36. The van der Waals surface area contributed by atoms with Gasteiger partial charge >= 0.3 is 11.9 Å². The number of nitrogens with one attached hydrogen (secondary N) is 1. The second-order valence-corrected chi connectivity index (χ2v) is 4.76. The van der Waals surface area contributed by atoms with Gasteiger partial charge in [0.1, 0.15) is 0 Å². The van der Waals surface area contributed by atoms with Crippen LogP contribution in [-0.4, -0.2) is 42.7 Å². The Morgan fingerprint density at radius 1 is 0.870 bits per heavy atom. The second kappa shape index (κ2) is 9.55. The number of carbonyl (C=O) groups is 4. The van der Waals surface area contributed by atoms with Gasteiger partial charge in [0.2, 0.25) is 0 Å². The summed E-state index contributed by atoms with van der Waals surface area (Å²) >= 11 is 0. The third-order valence-corrected chi connectivity index (χ3v) is 3.29. The van der Waals surface area contributed by atoms with Crippen LogP contribution in [0.15, 0.2) is 0 Å². The van der Waals surface area contributed by atoms with E-state index in [0.717, 1.165) is 0 Å². The molecule has 0 aliphatic rings. The maximum Gasteiger partial charge on any atom is 0.306 e. The highest BCUT2D eigenvalue weighted by molar-refractivity contribution is 5.84. The van der Waals surface area contributed by atoms with E-state index in [0.29, 0.717) is 23.7 Å². The Labute approximate surface area is 134 Å². The van der Waals surface area contributed by atoms with Gasteiger partial charge in [-0.15, -0.1) is 0 Å². The zero-order chi connectivity index (χ0) is 17.2. The molecule has 7 heteroatoms. The lowest BCUT2D eigenvalue weighted by atomic mass is 10.00. The van der Waals surface area contributed by atoms with E-state index in [1.54, 1.807) is 13.8 Å². The van der Waals surface area contributed by atoms with Gasteiger partial charge in [0.15, 0.2) is 12.6 Å². The molecule has 1 aromatic heterocycles. The lowest BCUT2D eigenvalue weighted by Crippen LogP contribution is -2.09. The summed E-state index contributed by atoms with van der Waals surface area (Å²) in [6, 6.07) is 0. The van der Waals surface area contributed by atoms with E-state index >= 15 is 0 Å². The fourth-order valence-corrected chi connectivity index (χ4v) is 2.31. The number of hydrogen-bond donors (Lipinski definition) is 1. The van der Waals surface area contributed by atoms with Gasteiger partial charge in [0.05, 0.1) is 24.6 Å². The summed E-state index contributed by atoms with van der Waals surface area (Å²) in [4.78, 5) is 48.0. The monoisotopic (exact) mass is 323 g/mol. The number of aldehydes is 2. The highest BCUT2D eigenvalue weighted by atomic mass is 16.5. The Bertz CT molecular complexity index is 527. The molecule has 0 bridgehead atoms. The number of ether oxygens (including phenoxy) is 2. The molecule has 0 radical (unpaired) electrons. The number of carbonyl (C=O) groups excluding carboxylic acids is 4. The molecular weight excluding hydrogens is 302 g/mol. The first-order chi connectivity index (χ1) is 11.1. The van der Waals surface area contributed by atoms with Gasteiger partial charge in [-0.05, 0) is 37.8 Å². The summed E-state index contributed by atoms with van der Waals surface area (Å²) in [5.74, 6) is -0.760. The first kappa shape index (κ1) is 18.6. The van der Waals surface area contributed by atoms with Gasteiger partial charge in [0, 0.05) is 12.8 Å². The number of aromatic nitrogens is 1. The van der Waals surface area contributed by atoms with E-state index in [9.17, 15) is 19.2 Å². The van der Waals surface area contributed by atoms with E-state index in [2.05, 4.69) is 4.98 Å². The summed E-state index contributed by atoms with van der Waals surface area (Å²) < 4.78 is 9.72. The van der Waals surface area contributed by atoms with Gasteiger partial charge in [0.25, 0.3) is 0 Å². The van der Waals surface area contributed by atoms with E-state index in [1.165, 1.54) is 0 Å². The minimum atomic E-state index is -0.380. The van der Waals surface area contributed by atoms with Crippen LogP contribution in [0.1, 0.15) is 58.8 Å². The second-order valence-electron chi connectivity index (χ2n) is 4.76. The zero-order valence-electron chi connectivity index (χ0n) is 13.3. The molecule has 0 aromatic carbocycles. The van der Waals surface area contributed by atoms with E-state index in [-0.39, 0.29) is 62.2 Å². The Morgan fingerprint density at radius 3 is 1.57 bits per heavy atom. The molecule has 0 saturated carbocycles. The van der Waals surface area contributed by atoms with Crippen molar-refractivity contribution in [3.05, 3.63) is 22.5 Å². The van der Waals surface area contributed by atoms with Crippen LogP contribution < -0.4 is 0 Å². The molecule has 126 valence electrons. The van der Waals surface area contributed by atoms with E-state index in [1.807, 2.05) is 0 Å². The standard InChI is InChI=1S/C16H21NO6/c1-3-22-15(20)7-5-11-12(6-8-16(21)23-4-2)14(10-19)17-13(11)9-18/h9-10,17H,3-8H2,1-2H3. The molecule has 0 atom stereocenters. The number of aromatic amines is 1. The fourth-order valence-electron chi connectivity index (χ4n) is 2.31. The lowest BCUT2D eigenvalue weighted by Gasteiger charge is -2.06. The van der Waals surface area contributed by atoms with Crippen LogP contribution in [0.4, 0.5) is 0 Å². The van der Waals surface area contributed by atoms with Crippen LogP contribution in [0.5, 0.6) is 0 Å². The lowest BCUT2D eigenvalue weighted by molar-refractivity contribution is -0.144. The first-order valence-electron chi connectivity index (χ1n) is 7.52. The average molecular weight is 323 g/mol. The molecule has 0 spiro atoms. The van der Waals surface area contributed by atoms with E-state index < -0.39 is 0 Å². The molecule has 1 rings (SSSR count). The molecular formula is C16H21NO6. The van der Waals surface area contributed by atoms with Crippen molar-refractivity contribution < 1.29 is 28.7 Å². The largest absolute Gasteiger partial charge is 0.466 e. The molecule has 0 amide bonds. The summed E-state index contributed by atoms with van der Waals surface area (Å²) in [6.07, 6.45) is 1.90. The molecule has 23 heavy (non-hydrogen) atoms. The van der Waals surface area contributed by atoms with E-state index in [4.69, 9.17) is 9.47 Å². The molecule has 0 aliphatic heterocycles. The van der Waals surface area contributed by atoms with Crippen molar-refractivity contribution in [2.75, 3.05) is 13.2 Å². The van der Waals surface area contributed by atoms with Crippen LogP contribution >= 0.6 is 0 Å². The average Bonchev–Trinajstić information content (AvgIpc) is 2.88. The fraction of sp³-hybridized carbons (Fsp3) is 0.500. The number of rotatable bonds is 10. The van der Waals surface area contributed by atoms with Gasteiger partial charge in [-0.2, -0.15) is 0 Å². The molecule has 1 aromatic rings. The van der Waals surface area contributed by atoms with Crippen molar-refractivity contribution in [3.63, 3.8) is 0 Å². The minimum absolute atomic E-state index is 0.0945. The van der Waals surface area contributed by atoms with Gasteiger partial charge in [-0.3, -0.25) is 19.2 Å². The summed E-state index contributed by atoms with van der Waals surface area (Å²) in [5, 5.41) is 0.